The minimum Gasteiger partial charge on any atom is -0.493 e. The second kappa shape index (κ2) is 5.11. The fourth-order valence-corrected chi connectivity index (χ4v) is 1.15. The summed E-state index contributed by atoms with van der Waals surface area (Å²) in [5, 5.41) is 11.2. The van der Waals surface area contributed by atoms with Crippen molar-refractivity contribution in [2.45, 2.75) is 6.42 Å². The molecule has 14 heavy (non-hydrogen) atoms. The number of nitrogens with zero attached hydrogens (tertiary/aromatic N) is 1. The van der Waals surface area contributed by atoms with E-state index < -0.39 is 0 Å². The Bertz CT molecular complexity index is 323. The van der Waals surface area contributed by atoms with E-state index in [1.165, 1.54) is 6.21 Å². The highest BCUT2D eigenvalue weighted by atomic mass is 16.5. The van der Waals surface area contributed by atoms with Crippen molar-refractivity contribution in [1.82, 2.24) is 0 Å². The Balaban J connectivity index is 2.89. The van der Waals surface area contributed by atoms with Crippen molar-refractivity contribution in [3.63, 3.8) is 0 Å². The third kappa shape index (κ3) is 2.39. The van der Waals surface area contributed by atoms with Gasteiger partial charge in [0.1, 0.15) is 0 Å². The Morgan fingerprint density at radius 3 is 2.57 bits per heavy atom. The number of oxime groups is 1. The van der Waals surface area contributed by atoms with Crippen LogP contribution in [0.1, 0.15) is 5.56 Å². The molecule has 1 N–H and O–H groups in total. The van der Waals surface area contributed by atoms with Crippen molar-refractivity contribution in [3.05, 3.63) is 23.8 Å². The molecule has 0 bridgehead atoms. The van der Waals surface area contributed by atoms with Gasteiger partial charge in [-0.2, -0.15) is 0 Å². The molecule has 76 valence electrons. The summed E-state index contributed by atoms with van der Waals surface area (Å²) in [7, 11) is 3.18. The van der Waals surface area contributed by atoms with Crippen LogP contribution in [-0.4, -0.2) is 25.6 Å². The fraction of sp³-hybridized carbons (Fsp3) is 0.300. The smallest absolute Gasteiger partial charge is 0.160 e. The summed E-state index contributed by atoms with van der Waals surface area (Å²) in [6.07, 6.45) is 1.98. The van der Waals surface area contributed by atoms with E-state index >= 15 is 0 Å². The Hall–Kier alpha value is -1.71. The van der Waals surface area contributed by atoms with Gasteiger partial charge in [-0.3, -0.25) is 0 Å². The molecule has 1 rings (SSSR count). The van der Waals surface area contributed by atoms with Crippen LogP contribution in [0.3, 0.4) is 0 Å². The normalized spacial score (nSPS) is 10.4. The third-order valence-corrected chi connectivity index (χ3v) is 1.86. The van der Waals surface area contributed by atoms with E-state index in [0.717, 1.165) is 5.56 Å². The van der Waals surface area contributed by atoms with Gasteiger partial charge in [0.25, 0.3) is 0 Å². The molecule has 0 spiro atoms. The zero-order chi connectivity index (χ0) is 10.4. The molecular weight excluding hydrogens is 182 g/mol. The van der Waals surface area contributed by atoms with Crippen molar-refractivity contribution in [3.8, 4) is 11.5 Å². The molecule has 0 aromatic heterocycles. The van der Waals surface area contributed by atoms with Crippen LogP contribution in [-0.2, 0) is 6.42 Å². The highest BCUT2D eigenvalue weighted by molar-refractivity contribution is 5.61. The predicted octanol–water partition coefficient (Wildman–Crippen LogP) is 1.71. The van der Waals surface area contributed by atoms with Crippen LogP contribution in [0, 0.1) is 0 Å². The van der Waals surface area contributed by atoms with Gasteiger partial charge < -0.3 is 14.7 Å². The summed E-state index contributed by atoms with van der Waals surface area (Å²) in [4.78, 5) is 0. The van der Waals surface area contributed by atoms with Crippen molar-refractivity contribution < 1.29 is 14.7 Å². The number of benzene rings is 1. The van der Waals surface area contributed by atoms with E-state index in [1.54, 1.807) is 14.2 Å². The van der Waals surface area contributed by atoms with Gasteiger partial charge in [-0.15, -0.1) is 5.16 Å². The van der Waals surface area contributed by atoms with Gasteiger partial charge in [-0.1, -0.05) is 6.07 Å². The van der Waals surface area contributed by atoms with E-state index in [-0.39, 0.29) is 0 Å². The largest absolute Gasteiger partial charge is 0.493 e. The summed E-state index contributed by atoms with van der Waals surface area (Å²) in [5.74, 6) is 1.37. The van der Waals surface area contributed by atoms with Crippen molar-refractivity contribution in [1.29, 1.82) is 0 Å². The fourth-order valence-electron chi connectivity index (χ4n) is 1.15. The van der Waals surface area contributed by atoms with Crippen molar-refractivity contribution in [2.24, 2.45) is 5.16 Å². The zero-order valence-electron chi connectivity index (χ0n) is 8.23. The molecule has 0 atom stereocenters. The number of hydrogen-bond donors (Lipinski definition) is 1. The summed E-state index contributed by atoms with van der Waals surface area (Å²) >= 11 is 0. The minimum absolute atomic E-state index is 0.566. The maximum absolute atomic E-state index is 8.27. The van der Waals surface area contributed by atoms with E-state index in [1.807, 2.05) is 18.2 Å². The van der Waals surface area contributed by atoms with Crippen LogP contribution in [0.5, 0.6) is 11.5 Å². The second-order valence-electron chi connectivity index (χ2n) is 2.69. The van der Waals surface area contributed by atoms with Crippen LogP contribution >= 0.6 is 0 Å². The van der Waals surface area contributed by atoms with Gasteiger partial charge in [0.15, 0.2) is 11.5 Å². The first-order chi connectivity index (χ1) is 6.81. The molecule has 0 unspecified atom stereocenters. The number of hydrogen-bond acceptors (Lipinski definition) is 4. The van der Waals surface area contributed by atoms with Gasteiger partial charge in [0.2, 0.25) is 0 Å². The zero-order valence-corrected chi connectivity index (χ0v) is 8.23. The van der Waals surface area contributed by atoms with E-state index in [2.05, 4.69) is 5.16 Å². The molecule has 0 radical (unpaired) electrons. The molecule has 0 aliphatic rings. The first-order valence-electron chi connectivity index (χ1n) is 4.18. The molecule has 0 heterocycles. The monoisotopic (exact) mass is 195 g/mol. The predicted molar refractivity (Wildman–Crippen MR) is 53.5 cm³/mol. The molecular formula is C10H13NO3. The molecule has 0 amide bonds. The summed E-state index contributed by atoms with van der Waals surface area (Å²) in [6, 6.07) is 5.56. The first kappa shape index (κ1) is 10.4. The van der Waals surface area contributed by atoms with Crippen LogP contribution in [0.15, 0.2) is 23.4 Å². The number of rotatable bonds is 4. The average Bonchev–Trinajstić information content (AvgIpc) is 2.25. The molecule has 0 saturated carbocycles. The van der Waals surface area contributed by atoms with E-state index in [9.17, 15) is 0 Å². The van der Waals surface area contributed by atoms with Crippen LogP contribution < -0.4 is 9.47 Å². The summed E-state index contributed by atoms with van der Waals surface area (Å²) in [5.41, 5.74) is 1.00. The lowest BCUT2D eigenvalue weighted by atomic mass is 10.1. The molecule has 0 aliphatic heterocycles. The Labute approximate surface area is 82.8 Å². The van der Waals surface area contributed by atoms with Gasteiger partial charge in [0.05, 0.1) is 14.2 Å². The molecule has 0 saturated heterocycles. The summed E-state index contributed by atoms with van der Waals surface area (Å²) in [6.45, 7) is 0. The highest BCUT2D eigenvalue weighted by Crippen LogP contribution is 2.27. The second-order valence-corrected chi connectivity index (χ2v) is 2.69. The Kier molecular flexibility index (Phi) is 3.79. The Morgan fingerprint density at radius 1 is 1.29 bits per heavy atom. The molecule has 0 aliphatic carbocycles. The minimum atomic E-state index is 0.566. The van der Waals surface area contributed by atoms with Crippen molar-refractivity contribution in [2.75, 3.05) is 14.2 Å². The lowest BCUT2D eigenvalue weighted by molar-refractivity contribution is 0.320. The Morgan fingerprint density at radius 2 is 2.00 bits per heavy atom. The molecule has 1 aromatic carbocycles. The van der Waals surface area contributed by atoms with Crippen molar-refractivity contribution >= 4 is 6.21 Å². The summed E-state index contributed by atoms with van der Waals surface area (Å²) < 4.78 is 10.2. The topological polar surface area (TPSA) is 51.0 Å². The van der Waals surface area contributed by atoms with Gasteiger partial charge >= 0.3 is 0 Å². The van der Waals surface area contributed by atoms with Gasteiger partial charge in [-0.25, -0.2) is 0 Å². The molecule has 0 fully saturated rings. The number of ether oxygens (including phenoxy) is 2. The average molecular weight is 195 g/mol. The van der Waals surface area contributed by atoms with Crippen LogP contribution in [0.4, 0.5) is 0 Å². The highest BCUT2D eigenvalue weighted by Gasteiger charge is 2.03. The molecule has 4 nitrogen and oxygen atoms in total. The standard InChI is InChI=1S/C10H13NO3/c1-13-9-4-3-8(5-6-11-12)7-10(9)14-2/h3-4,6-7,12H,5H2,1-2H3/b11-6-. The van der Waals surface area contributed by atoms with Crippen LogP contribution in [0.2, 0.25) is 0 Å². The maximum atomic E-state index is 8.27. The quantitative estimate of drug-likeness (QED) is 0.452. The lowest BCUT2D eigenvalue weighted by Crippen LogP contribution is -1.93. The van der Waals surface area contributed by atoms with E-state index in [4.69, 9.17) is 14.7 Å². The first-order valence-corrected chi connectivity index (χ1v) is 4.18. The third-order valence-electron chi connectivity index (χ3n) is 1.86. The van der Waals surface area contributed by atoms with E-state index in [0.29, 0.717) is 17.9 Å². The SMILES string of the molecule is COc1ccc(C/C=N\O)cc1OC. The maximum Gasteiger partial charge on any atom is 0.160 e. The number of methoxy groups -OCH3 is 2. The lowest BCUT2D eigenvalue weighted by Gasteiger charge is -2.08. The molecule has 4 heteroatoms. The van der Waals surface area contributed by atoms with Gasteiger partial charge in [-0.05, 0) is 17.7 Å². The molecule has 1 aromatic rings. The van der Waals surface area contributed by atoms with Crippen LogP contribution in [0.25, 0.3) is 0 Å². The van der Waals surface area contributed by atoms with Gasteiger partial charge in [0, 0.05) is 12.6 Å².